The molecule has 0 N–H and O–H groups in total. The summed E-state index contributed by atoms with van der Waals surface area (Å²) in [7, 11) is 0. The van der Waals surface area contributed by atoms with Gasteiger partial charge in [0.1, 0.15) is 0 Å². The molecule has 0 atom stereocenters. The molecule has 0 bridgehead atoms. The van der Waals surface area contributed by atoms with Crippen LogP contribution in [-0.2, 0) is 0 Å². The van der Waals surface area contributed by atoms with Crippen molar-refractivity contribution in [1.82, 2.24) is 10.2 Å². The number of ether oxygens (including phenoxy) is 1. The first-order valence-electron chi connectivity index (χ1n) is 5.09. The molecular weight excluding hydrogens is 293 g/mol. The second-order valence-corrected chi connectivity index (χ2v) is 4.35. The van der Waals surface area contributed by atoms with Crippen LogP contribution in [0.2, 0.25) is 10.3 Å². The molecule has 1 heterocycles. The number of hydrogen-bond donors (Lipinski definition) is 0. The standard InChI is InChI=1S/C11H7Cl2N3O3/c1-6-3-2-4-7(16(17)18)10(6)19-8-5-9(12)14-15-11(8)13/h2-5H,1H3. The zero-order valence-corrected chi connectivity index (χ0v) is 11.1. The molecule has 1 aromatic heterocycles. The van der Waals surface area contributed by atoms with Gasteiger partial charge in [0.15, 0.2) is 16.1 Å². The van der Waals surface area contributed by atoms with E-state index in [4.69, 9.17) is 27.9 Å². The van der Waals surface area contributed by atoms with Crippen LogP contribution in [0.3, 0.4) is 0 Å². The minimum absolute atomic E-state index is 0.0260. The third-order valence-electron chi connectivity index (χ3n) is 2.29. The Morgan fingerprint density at radius 1 is 1.32 bits per heavy atom. The Bertz CT molecular complexity index is 649. The molecule has 2 rings (SSSR count). The highest BCUT2D eigenvalue weighted by Crippen LogP contribution is 2.36. The van der Waals surface area contributed by atoms with E-state index in [2.05, 4.69) is 10.2 Å². The minimum Gasteiger partial charge on any atom is -0.446 e. The van der Waals surface area contributed by atoms with Crippen LogP contribution in [0.15, 0.2) is 24.3 Å². The Morgan fingerprint density at radius 2 is 2.05 bits per heavy atom. The van der Waals surface area contributed by atoms with Crippen molar-refractivity contribution in [2.75, 3.05) is 0 Å². The number of aromatic nitrogens is 2. The topological polar surface area (TPSA) is 78.2 Å². The number of hydrogen-bond acceptors (Lipinski definition) is 5. The predicted molar refractivity (Wildman–Crippen MR) is 70.0 cm³/mol. The van der Waals surface area contributed by atoms with Gasteiger partial charge in [-0.05, 0) is 12.5 Å². The Hall–Kier alpha value is -1.92. The summed E-state index contributed by atoms with van der Waals surface area (Å²) in [5.41, 5.74) is 0.433. The normalized spacial score (nSPS) is 10.3. The number of benzene rings is 1. The molecule has 0 saturated heterocycles. The van der Waals surface area contributed by atoms with Gasteiger partial charge >= 0.3 is 5.69 Å². The predicted octanol–water partition coefficient (Wildman–Crippen LogP) is 3.79. The maximum atomic E-state index is 11.0. The van der Waals surface area contributed by atoms with Gasteiger partial charge in [-0.3, -0.25) is 10.1 Å². The number of nitro groups is 1. The zero-order valence-electron chi connectivity index (χ0n) is 9.63. The van der Waals surface area contributed by atoms with Gasteiger partial charge in [-0.15, -0.1) is 10.2 Å². The van der Waals surface area contributed by atoms with E-state index in [-0.39, 0.29) is 27.5 Å². The van der Waals surface area contributed by atoms with Crippen molar-refractivity contribution < 1.29 is 9.66 Å². The molecule has 0 aliphatic heterocycles. The summed E-state index contributed by atoms with van der Waals surface area (Å²) in [6.45, 7) is 1.69. The fraction of sp³-hybridized carbons (Fsp3) is 0.0909. The number of nitro benzene ring substituents is 1. The minimum atomic E-state index is -0.535. The van der Waals surface area contributed by atoms with E-state index in [0.29, 0.717) is 5.56 Å². The van der Waals surface area contributed by atoms with Crippen molar-refractivity contribution >= 4 is 28.9 Å². The number of aryl methyl sites for hydroxylation is 1. The van der Waals surface area contributed by atoms with Crippen molar-refractivity contribution in [3.63, 3.8) is 0 Å². The van der Waals surface area contributed by atoms with Gasteiger partial charge < -0.3 is 4.74 Å². The zero-order chi connectivity index (χ0) is 14.0. The molecule has 6 nitrogen and oxygen atoms in total. The van der Waals surface area contributed by atoms with E-state index < -0.39 is 4.92 Å². The molecule has 19 heavy (non-hydrogen) atoms. The summed E-state index contributed by atoms with van der Waals surface area (Å²) in [4.78, 5) is 10.4. The number of halogens is 2. The fourth-order valence-electron chi connectivity index (χ4n) is 1.43. The average Bonchev–Trinajstić information content (AvgIpc) is 2.35. The van der Waals surface area contributed by atoms with E-state index in [0.717, 1.165) is 0 Å². The molecule has 0 fully saturated rings. The van der Waals surface area contributed by atoms with Crippen LogP contribution in [0, 0.1) is 17.0 Å². The van der Waals surface area contributed by atoms with Crippen molar-refractivity contribution in [2.24, 2.45) is 0 Å². The monoisotopic (exact) mass is 299 g/mol. The highest BCUT2D eigenvalue weighted by Gasteiger charge is 2.19. The summed E-state index contributed by atoms with van der Waals surface area (Å²) >= 11 is 11.5. The molecule has 0 radical (unpaired) electrons. The van der Waals surface area contributed by atoms with Crippen LogP contribution in [0.4, 0.5) is 5.69 Å². The first kappa shape index (κ1) is 13.5. The first-order valence-corrected chi connectivity index (χ1v) is 5.85. The largest absolute Gasteiger partial charge is 0.446 e. The number of para-hydroxylation sites is 1. The third-order valence-corrected chi connectivity index (χ3v) is 2.73. The van der Waals surface area contributed by atoms with Crippen LogP contribution in [0.25, 0.3) is 0 Å². The first-order chi connectivity index (χ1) is 8.99. The van der Waals surface area contributed by atoms with Gasteiger partial charge in [0.05, 0.1) is 4.92 Å². The smallest absolute Gasteiger partial charge is 0.311 e. The Morgan fingerprint density at radius 3 is 2.74 bits per heavy atom. The van der Waals surface area contributed by atoms with Crippen LogP contribution < -0.4 is 4.74 Å². The summed E-state index contributed by atoms with van der Waals surface area (Å²) < 4.78 is 5.45. The van der Waals surface area contributed by atoms with Crippen LogP contribution in [0.5, 0.6) is 11.5 Å². The molecule has 0 saturated carbocycles. The molecule has 8 heteroatoms. The van der Waals surface area contributed by atoms with Gasteiger partial charge in [0.2, 0.25) is 5.75 Å². The maximum Gasteiger partial charge on any atom is 0.311 e. The Balaban J connectivity index is 2.49. The summed E-state index contributed by atoms with van der Waals surface area (Å²) in [6.07, 6.45) is 0. The quantitative estimate of drug-likeness (QED) is 0.636. The van der Waals surface area contributed by atoms with Crippen molar-refractivity contribution in [3.8, 4) is 11.5 Å². The molecule has 0 amide bonds. The summed E-state index contributed by atoms with van der Waals surface area (Å²) in [5, 5.41) is 18.1. The summed E-state index contributed by atoms with van der Waals surface area (Å²) in [5.74, 6) is 0.206. The van der Waals surface area contributed by atoms with Gasteiger partial charge in [0.25, 0.3) is 0 Å². The number of nitrogens with zero attached hydrogens (tertiary/aromatic N) is 3. The number of rotatable bonds is 3. The molecule has 98 valence electrons. The lowest BCUT2D eigenvalue weighted by atomic mass is 10.2. The summed E-state index contributed by atoms with van der Waals surface area (Å²) in [6, 6.07) is 5.94. The second kappa shape index (κ2) is 5.38. The molecular formula is C11H7Cl2N3O3. The van der Waals surface area contributed by atoms with Crippen molar-refractivity contribution in [2.45, 2.75) is 6.92 Å². The van der Waals surface area contributed by atoms with Crippen molar-refractivity contribution in [3.05, 3.63) is 50.2 Å². The van der Waals surface area contributed by atoms with Gasteiger partial charge in [-0.25, -0.2) is 0 Å². The second-order valence-electron chi connectivity index (χ2n) is 3.60. The highest BCUT2D eigenvalue weighted by atomic mass is 35.5. The van der Waals surface area contributed by atoms with Crippen molar-refractivity contribution in [1.29, 1.82) is 0 Å². The van der Waals surface area contributed by atoms with Gasteiger partial charge in [0, 0.05) is 12.1 Å². The van der Waals surface area contributed by atoms with E-state index >= 15 is 0 Å². The van der Waals surface area contributed by atoms with E-state index in [1.165, 1.54) is 12.1 Å². The fourth-order valence-corrected chi connectivity index (χ4v) is 1.70. The highest BCUT2D eigenvalue weighted by molar-refractivity contribution is 6.32. The SMILES string of the molecule is Cc1cccc([N+](=O)[O-])c1Oc1cc(Cl)nnc1Cl. The molecule has 0 unspecified atom stereocenters. The van der Waals surface area contributed by atoms with Crippen LogP contribution in [-0.4, -0.2) is 15.1 Å². The third kappa shape index (κ3) is 2.91. The lowest BCUT2D eigenvalue weighted by Crippen LogP contribution is -1.97. The lowest BCUT2D eigenvalue weighted by Gasteiger charge is -2.09. The Kier molecular flexibility index (Phi) is 3.82. The molecule has 0 aliphatic rings. The lowest BCUT2D eigenvalue weighted by molar-refractivity contribution is -0.385. The molecule has 1 aromatic carbocycles. The van der Waals surface area contributed by atoms with Crippen LogP contribution >= 0.6 is 23.2 Å². The average molecular weight is 300 g/mol. The van der Waals surface area contributed by atoms with E-state index in [1.807, 2.05) is 0 Å². The van der Waals surface area contributed by atoms with E-state index in [1.54, 1.807) is 19.1 Å². The van der Waals surface area contributed by atoms with Gasteiger partial charge in [-0.1, -0.05) is 35.3 Å². The van der Waals surface area contributed by atoms with Crippen LogP contribution in [0.1, 0.15) is 5.56 Å². The van der Waals surface area contributed by atoms with E-state index in [9.17, 15) is 10.1 Å². The molecule has 2 aromatic rings. The Labute approximate surface area is 118 Å². The van der Waals surface area contributed by atoms with Gasteiger partial charge in [-0.2, -0.15) is 0 Å². The molecule has 0 spiro atoms. The maximum absolute atomic E-state index is 11.0. The molecule has 0 aliphatic carbocycles.